The van der Waals surface area contributed by atoms with Crippen molar-refractivity contribution in [2.75, 3.05) is 39.3 Å². The van der Waals surface area contributed by atoms with Crippen molar-refractivity contribution in [2.45, 2.75) is 19.4 Å². The number of fused-ring (bicyclic) bond motifs is 1. The van der Waals surface area contributed by atoms with Gasteiger partial charge >= 0.3 is 0 Å². The number of aromatic nitrogens is 2. The average Bonchev–Trinajstić information content (AvgIpc) is 3.59. The molecule has 2 aromatic heterocycles. The quantitative estimate of drug-likeness (QED) is 0.376. The van der Waals surface area contributed by atoms with E-state index in [1.165, 1.54) is 18.5 Å². The molecule has 0 aliphatic carbocycles. The number of imidazole rings is 1. The summed E-state index contributed by atoms with van der Waals surface area (Å²) in [6.45, 7) is 2.88. The highest BCUT2D eigenvalue weighted by molar-refractivity contribution is 7.13. The molecule has 0 radical (unpaired) electrons. The summed E-state index contributed by atoms with van der Waals surface area (Å²) < 4.78 is 18.9. The second-order valence-electron chi connectivity index (χ2n) is 7.90. The first kappa shape index (κ1) is 20.7. The zero-order valence-corrected chi connectivity index (χ0v) is 19.4. The van der Waals surface area contributed by atoms with Crippen LogP contribution in [0.25, 0.3) is 21.7 Å². The summed E-state index contributed by atoms with van der Waals surface area (Å²) in [6.07, 6.45) is 2.52. The van der Waals surface area contributed by atoms with Crippen molar-refractivity contribution >= 4 is 28.1 Å². The number of thiophene rings is 1. The molecule has 0 atom stereocenters. The van der Waals surface area contributed by atoms with Gasteiger partial charge in [0.1, 0.15) is 0 Å². The highest BCUT2D eigenvalue weighted by atomic mass is 32.1. The van der Waals surface area contributed by atoms with Crippen molar-refractivity contribution < 1.29 is 14.2 Å². The molecule has 6 nitrogen and oxygen atoms in total. The van der Waals surface area contributed by atoms with Crippen LogP contribution in [0.2, 0.25) is 0 Å². The van der Waals surface area contributed by atoms with E-state index < -0.39 is 0 Å². The second kappa shape index (κ2) is 8.74. The monoisotopic (exact) mass is 449 g/mol. The van der Waals surface area contributed by atoms with Gasteiger partial charge in [-0.25, -0.2) is 4.98 Å². The first-order valence-electron chi connectivity index (χ1n) is 10.8. The molecule has 32 heavy (non-hydrogen) atoms. The summed E-state index contributed by atoms with van der Waals surface area (Å²) >= 11 is 1.70. The van der Waals surface area contributed by atoms with Gasteiger partial charge in [-0.3, -0.25) is 0 Å². The average molecular weight is 450 g/mol. The minimum absolute atomic E-state index is 0.600. The van der Waals surface area contributed by atoms with Crippen molar-refractivity contribution in [3.05, 3.63) is 53.4 Å². The van der Waals surface area contributed by atoms with Gasteiger partial charge in [0.05, 0.1) is 37.2 Å². The van der Waals surface area contributed by atoms with Crippen LogP contribution in [0, 0.1) is 0 Å². The number of hydrogen-bond donors (Lipinski definition) is 0. The van der Waals surface area contributed by atoms with Gasteiger partial charge in [-0.05, 0) is 60.2 Å². The second-order valence-corrected chi connectivity index (χ2v) is 8.85. The van der Waals surface area contributed by atoms with Crippen molar-refractivity contribution in [2.24, 2.45) is 0 Å². The highest BCUT2D eigenvalue weighted by Gasteiger charge is 2.19. The third kappa shape index (κ3) is 3.66. The Hall–Kier alpha value is -3.19. The van der Waals surface area contributed by atoms with Gasteiger partial charge in [0, 0.05) is 25.3 Å². The normalized spacial score (nSPS) is 13.7. The Morgan fingerprint density at radius 1 is 0.938 bits per heavy atom. The van der Waals surface area contributed by atoms with E-state index in [0.717, 1.165) is 40.4 Å². The molecule has 0 amide bonds. The molecule has 5 rings (SSSR count). The molecule has 7 heteroatoms. The van der Waals surface area contributed by atoms with Gasteiger partial charge in [-0.1, -0.05) is 6.07 Å². The summed E-state index contributed by atoms with van der Waals surface area (Å²) in [7, 11) is 4.91. The molecule has 4 aromatic rings. The van der Waals surface area contributed by atoms with E-state index in [1.54, 1.807) is 32.7 Å². The highest BCUT2D eigenvalue weighted by Crippen LogP contribution is 2.39. The lowest BCUT2D eigenvalue weighted by Crippen LogP contribution is -2.17. The molecule has 0 bridgehead atoms. The van der Waals surface area contributed by atoms with E-state index in [2.05, 4.69) is 45.2 Å². The van der Waals surface area contributed by atoms with Gasteiger partial charge in [0.2, 0.25) is 5.75 Å². The lowest BCUT2D eigenvalue weighted by Gasteiger charge is -2.17. The summed E-state index contributed by atoms with van der Waals surface area (Å²) in [6, 6.07) is 14.8. The van der Waals surface area contributed by atoms with Crippen LogP contribution >= 0.6 is 11.3 Å². The molecular weight excluding hydrogens is 422 g/mol. The van der Waals surface area contributed by atoms with Gasteiger partial charge < -0.3 is 23.7 Å². The number of rotatable bonds is 7. The van der Waals surface area contributed by atoms with Crippen molar-refractivity contribution in [3.63, 3.8) is 0 Å². The SMILES string of the molecule is COc1cc(Cn2c(-c3cccs3)nc3cc(N4CCCC4)ccc32)cc(OC)c1OC. The summed E-state index contributed by atoms with van der Waals surface area (Å²) in [5.74, 6) is 2.88. The zero-order valence-electron chi connectivity index (χ0n) is 18.6. The number of benzene rings is 2. The lowest BCUT2D eigenvalue weighted by molar-refractivity contribution is 0.323. The van der Waals surface area contributed by atoms with Crippen LogP contribution in [0.1, 0.15) is 18.4 Å². The molecule has 1 saturated heterocycles. The van der Waals surface area contributed by atoms with E-state index in [9.17, 15) is 0 Å². The van der Waals surface area contributed by atoms with Crippen LogP contribution in [-0.2, 0) is 6.54 Å². The molecule has 0 unspecified atom stereocenters. The van der Waals surface area contributed by atoms with Gasteiger partial charge in [0.15, 0.2) is 17.3 Å². The molecule has 0 spiro atoms. The van der Waals surface area contributed by atoms with Crippen molar-refractivity contribution in [3.8, 4) is 28.0 Å². The fraction of sp³-hybridized carbons (Fsp3) is 0.320. The van der Waals surface area contributed by atoms with Crippen LogP contribution in [0.5, 0.6) is 17.2 Å². The Kier molecular flexibility index (Phi) is 5.66. The van der Waals surface area contributed by atoms with Crippen molar-refractivity contribution in [1.82, 2.24) is 9.55 Å². The molecule has 1 aliphatic rings. The number of anilines is 1. The summed E-state index contributed by atoms with van der Waals surface area (Å²) in [5, 5.41) is 2.09. The zero-order chi connectivity index (χ0) is 22.1. The smallest absolute Gasteiger partial charge is 0.203 e. The Bertz CT molecular complexity index is 1200. The van der Waals surface area contributed by atoms with E-state index in [-0.39, 0.29) is 0 Å². The fourth-order valence-corrected chi connectivity index (χ4v) is 5.18. The van der Waals surface area contributed by atoms with Gasteiger partial charge in [0.25, 0.3) is 0 Å². The molecule has 2 aromatic carbocycles. The van der Waals surface area contributed by atoms with Gasteiger partial charge in [-0.2, -0.15) is 0 Å². The molecular formula is C25H27N3O3S. The molecule has 166 valence electrons. The van der Waals surface area contributed by atoms with Crippen LogP contribution in [0.15, 0.2) is 47.8 Å². The summed E-state index contributed by atoms with van der Waals surface area (Å²) in [4.78, 5) is 8.66. The van der Waals surface area contributed by atoms with E-state index in [4.69, 9.17) is 19.2 Å². The minimum atomic E-state index is 0.600. The molecule has 1 fully saturated rings. The molecule has 0 N–H and O–H groups in total. The Balaban J connectivity index is 1.62. The van der Waals surface area contributed by atoms with E-state index in [1.807, 2.05) is 12.1 Å². The van der Waals surface area contributed by atoms with Crippen LogP contribution < -0.4 is 19.1 Å². The lowest BCUT2D eigenvalue weighted by atomic mass is 10.1. The minimum Gasteiger partial charge on any atom is -0.493 e. The van der Waals surface area contributed by atoms with Gasteiger partial charge in [-0.15, -0.1) is 11.3 Å². The Labute approximate surface area is 192 Å². The van der Waals surface area contributed by atoms with Crippen LogP contribution in [-0.4, -0.2) is 44.0 Å². The first-order valence-corrected chi connectivity index (χ1v) is 11.7. The molecule has 1 aliphatic heterocycles. The predicted octanol–water partition coefficient (Wildman–Crippen LogP) is 5.44. The number of hydrogen-bond acceptors (Lipinski definition) is 6. The fourth-order valence-electron chi connectivity index (χ4n) is 4.45. The third-order valence-corrected chi connectivity index (χ3v) is 6.88. The van der Waals surface area contributed by atoms with E-state index >= 15 is 0 Å². The largest absolute Gasteiger partial charge is 0.493 e. The maximum absolute atomic E-state index is 5.57. The molecule has 3 heterocycles. The molecule has 0 saturated carbocycles. The topological polar surface area (TPSA) is 48.8 Å². The van der Waals surface area contributed by atoms with Crippen molar-refractivity contribution in [1.29, 1.82) is 0 Å². The number of nitrogens with zero attached hydrogens (tertiary/aromatic N) is 3. The number of methoxy groups -OCH3 is 3. The Morgan fingerprint density at radius 3 is 2.31 bits per heavy atom. The van der Waals surface area contributed by atoms with Crippen LogP contribution in [0.3, 0.4) is 0 Å². The van der Waals surface area contributed by atoms with E-state index in [0.29, 0.717) is 23.8 Å². The maximum atomic E-state index is 5.57. The number of ether oxygens (including phenoxy) is 3. The standard InChI is InChI=1S/C25H27N3O3S/c1-29-21-13-17(14-22(30-2)24(21)31-3)16-28-20-9-8-18(27-10-4-5-11-27)15-19(20)26-25(28)23-7-6-12-32-23/h6-9,12-15H,4-5,10-11,16H2,1-3H3. The Morgan fingerprint density at radius 2 is 1.69 bits per heavy atom. The van der Waals surface area contributed by atoms with Crippen LogP contribution in [0.4, 0.5) is 5.69 Å². The summed E-state index contributed by atoms with van der Waals surface area (Å²) in [5.41, 5.74) is 4.45. The third-order valence-electron chi connectivity index (χ3n) is 6.01. The first-order chi connectivity index (χ1) is 15.7. The maximum Gasteiger partial charge on any atom is 0.203 e. The predicted molar refractivity (Wildman–Crippen MR) is 130 cm³/mol.